The summed E-state index contributed by atoms with van der Waals surface area (Å²) in [6, 6.07) is 0. The standard InChI is InChI=1S/C19H32N4O3S/c1-6-25-15-7-19(20,18(15,4)5)16(24)22-17-21-14(11-27-17)10-23-8-12(2)26-13(3)9-23/h11-13,15H,6-10,20H2,1-5H3,(H,21,22,24). The van der Waals surface area contributed by atoms with Gasteiger partial charge in [-0.1, -0.05) is 13.8 Å². The van der Waals surface area contributed by atoms with Crippen LogP contribution in [0.2, 0.25) is 0 Å². The second-order valence-electron chi connectivity index (χ2n) is 8.39. The van der Waals surface area contributed by atoms with Crippen molar-refractivity contribution in [3.05, 3.63) is 11.1 Å². The number of thiazole rings is 1. The average Bonchev–Trinajstić information content (AvgIpc) is 3.00. The molecule has 0 bridgehead atoms. The van der Waals surface area contributed by atoms with E-state index in [0.717, 1.165) is 25.3 Å². The van der Waals surface area contributed by atoms with Crippen LogP contribution in [0.3, 0.4) is 0 Å². The van der Waals surface area contributed by atoms with Gasteiger partial charge in [-0.2, -0.15) is 0 Å². The van der Waals surface area contributed by atoms with Gasteiger partial charge in [-0.15, -0.1) is 11.3 Å². The lowest BCUT2D eigenvalue weighted by atomic mass is 9.54. The Labute approximate surface area is 165 Å². The van der Waals surface area contributed by atoms with Crippen molar-refractivity contribution in [3.8, 4) is 0 Å². The van der Waals surface area contributed by atoms with Crippen LogP contribution in [-0.2, 0) is 20.8 Å². The van der Waals surface area contributed by atoms with Gasteiger partial charge in [-0.25, -0.2) is 4.98 Å². The molecule has 3 rings (SSSR count). The molecule has 1 aliphatic carbocycles. The molecule has 1 saturated carbocycles. The Balaban J connectivity index is 1.58. The second kappa shape index (κ2) is 7.75. The fraction of sp³-hybridized carbons (Fsp3) is 0.789. The Morgan fingerprint density at radius 3 is 2.70 bits per heavy atom. The Morgan fingerprint density at radius 2 is 2.11 bits per heavy atom. The lowest BCUT2D eigenvalue weighted by molar-refractivity contribution is -0.166. The van der Waals surface area contributed by atoms with Crippen molar-refractivity contribution in [1.82, 2.24) is 9.88 Å². The highest BCUT2D eigenvalue weighted by molar-refractivity contribution is 7.13. The monoisotopic (exact) mass is 396 g/mol. The van der Waals surface area contributed by atoms with E-state index in [-0.39, 0.29) is 24.2 Å². The Hall–Kier alpha value is -1.06. The lowest BCUT2D eigenvalue weighted by Crippen LogP contribution is -2.74. The molecule has 7 nitrogen and oxygen atoms in total. The number of nitrogens with zero attached hydrogens (tertiary/aromatic N) is 2. The first-order chi connectivity index (χ1) is 12.7. The molecule has 152 valence electrons. The van der Waals surface area contributed by atoms with Crippen molar-refractivity contribution in [1.29, 1.82) is 0 Å². The molecular weight excluding hydrogens is 364 g/mol. The van der Waals surface area contributed by atoms with Crippen molar-refractivity contribution in [3.63, 3.8) is 0 Å². The smallest absolute Gasteiger partial charge is 0.246 e. The third-order valence-corrected chi connectivity index (χ3v) is 6.69. The van der Waals surface area contributed by atoms with Crippen LogP contribution < -0.4 is 11.1 Å². The van der Waals surface area contributed by atoms with Crippen LogP contribution in [0, 0.1) is 5.41 Å². The predicted molar refractivity (Wildman–Crippen MR) is 107 cm³/mol. The zero-order valence-electron chi connectivity index (χ0n) is 16.9. The van der Waals surface area contributed by atoms with Gasteiger partial charge < -0.3 is 20.5 Å². The van der Waals surface area contributed by atoms with Gasteiger partial charge in [-0.3, -0.25) is 9.69 Å². The number of carbonyl (C=O) groups is 1. The Bertz CT molecular complexity index is 670. The quantitative estimate of drug-likeness (QED) is 0.766. The van der Waals surface area contributed by atoms with Crippen molar-refractivity contribution in [2.24, 2.45) is 11.1 Å². The van der Waals surface area contributed by atoms with E-state index in [9.17, 15) is 4.79 Å². The van der Waals surface area contributed by atoms with Gasteiger partial charge >= 0.3 is 0 Å². The first kappa shape index (κ1) is 20.7. The molecule has 2 heterocycles. The summed E-state index contributed by atoms with van der Waals surface area (Å²) in [5.74, 6) is -0.182. The minimum absolute atomic E-state index is 0.00963. The number of ether oxygens (including phenoxy) is 2. The number of morpholine rings is 1. The molecule has 1 aromatic heterocycles. The minimum atomic E-state index is -0.937. The number of hydrogen-bond acceptors (Lipinski definition) is 7. The van der Waals surface area contributed by atoms with Gasteiger partial charge in [0.1, 0.15) is 5.54 Å². The van der Waals surface area contributed by atoms with Crippen molar-refractivity contribution >= 4 is 22.4 Å². The molecule has 2 fully saturated rings. The van der Waals surface area contributed by atoms with E-state index >= 15 is 0 Å². The van der Waals surface area contributed by atoms with E-state index in [0.29, 0.717) is 18.2 Å². The maximum absolute atomic E-state index is 12.8. The molecule has 8 heteroatoms. The highest BCUT2D eigenvalue weighted by atomic mass is 32.1. The molecule has 1 aliphatic heterocycles. The largest absolute Gasteiger partial charge is 0.378 e. The van der Waals surface area contributed by atoms with E-state index in [4.69, 9.17) is 15.2 Å². The molecule has 4 atom stereocenters. The van der Waals surface area contributed by atoms with Gasteiger partial charge in [0.25, 0.3) is 0 Å². The first-order valence-corrected chi connectivity index (χ1v) is 10.6. The number of hydrogen-bond donors (Lipinski definition) is 2. The number of anilines is 1. The van der Waals surface area contributed by atoms with Crippen LogP contribution >= 0.6 is 11.3 Å². The predicted octanol–water partition coefficient (Wildman–Crippen LogP) is 2.22. The lowest BCUT2D eigenvalue weighted by Gasteiger charge is -2.57. The second-order valence-corrected chi connectivity index (χ2v) is 9.25. The highest BCUT2D eigenvalue weighted by Gasteiger charge is 2.63. The molecule has 1 amide bonds. The van der Waals surface area contributed by atoms with Gasteiger partial charge in [0.05, 0.1) is 24.0 Å². The summed E-state index contributed by atoms with van der Waals surface area (Å²) in [5, 5.41) is 5.52. The molecule has 1 aromatic rings. The van der Waals surface area contributed by atoms with E-state index in [2.05, 4.69) is 29.0 Å². The topological polar surface area (TPSA) is 89.7 Å². The summed E-state index contributed by atoms with van der Waals surface area (Å²) in [4.78, 5) is 19.7. The zero-order chi connectivity index (χ0) is 19.8. The average molecular weight is 397 g/mol. The molecule has 3 N–H and O–H groups in total. The molecule has 0 spiro atoms. The van der Waals surface area contributed by atoms with Crippen molar-refractivity contribution in [2.75, 3.05) is 25.0 Å². The number of rotatable bonds is 6. The van der Waals surface area contributed by atoms with Gasteiger partial charge in [0.15, 0.2) is 5.13 Å². The molecule has 0 aromatic carbocycles. The van der Waals surface area contributed by atoms with E-state index in [1.54, 1.807) is 0 Å². The number of carbonyl (C=O) groups excluding carboxylic acids is 1. The maximum Gasteiger partial charge on any atom is 0.246 e. The summed E-state index contributed by atoms with van der Waals surface area (Å²) in [6.07, 6.45) is 0.988. The molecule has 4 unspecified atom stereocenters. The van der Waals surface area contributed by atoms with Crippen LogP contribution in [0.4, 0.5) is 5.13 Å². The molecule has 1 saturated heterocycles. The summed E-state index contributed by atoms with van der Waals surface area (Å²) < 4.78 is 11.5. The number of nitrogens with two attached hydrogens (primary N) is 1. The minimum Gasteiger partial charge on any atom is -0.378 e. The summed E-state index contributed by atoms with van der Waals surface area (Å²) in [7, 11) is 0. The molecule has 2 aliphatic rings. The molecule has 27 heavy (non-hydrogen) atoms. The number of amides is 1. The number of aromatic nitrogens is 1. The van der Waals surface area contributed by atoms with Crippen LogP contribution in [0.15, 0.2) is 5.38 Å². The van der Waals surface area contributed by atoms with E-state index in [1.807, 2.05) is 26.2 Å². The highest BCUT2D eigenvalue weighted by Crippen LogP contribution is 2.50. The zero-order valence-corrected chi connectivity index (χ0v) is 17.8. The summed E-state index contributed by atoms with van der Waals surface area (Å²) in [5.41, 5.74) is 6.06. The summed E-state index contributed by atoms with van der Waals surface area (Å²) in [6.45, 7) is 13.3. The molecule has 0 radical (unpaired) electrons. The van der Waals surface area contributed by atoms with Gasteiger partial charge in [-0.05, 0) is 20.8 Å². The van der Waals surface area contributed by atoms with Crippen LogP contribution in [0.1, 0.15) is 46.7 Å². The Morgan fingerprint density at radius 1 is 1.44 bits per heavy atom. The summed E-state index contributed by atoms with van der Waals surface area (Å²) >= 11 is 1.44. The van der Waals surface area contributed by atoms with Crippen LogP contribution in [0.25, 0.3) is 0 Å². The third-order valence-electron chi connectivity index (χ3n) is 5.89. The van der Waals surface area contributed by atoms with Crippen molar-refractivity contribution < 1.29 is 14.3 Å². The SMILES string of the molecule is CCOC1CC(N)(C(=O)Nc2nc(CN3CC(C)OC(C)C3)cs2)C1(C)C. The van der Waals surface area contributed by atoms with Gasteiger partial charge in [0.2, 0.25) is 5.91 Å². The van der Waals surface area contributed by atoms with E-state index < -0.39 is 11.0 Å². The van der Waals surface area contributed by atoms with Crippen LogP contribution in [-0.4, -0.2) is 59.3 Å². The fourth-order valence-electron chi connectivity index (χ4n) is 4.11. The van der Waals surface area contributed by atoms with Crippen molar-refractivity contribution in [2.45, 2.75) is 71.4 Å². The normalized spacial score (nSPS) is 33.5. The fourth-order valence-corrected chi connectivity index (χ4v) is 4.81. The molecular formula is C19H32N4O3S. The maximum atomic E-state index is 12.8. The van der Waals surface area contributed by atoms with E-state index in [1.165, 1.54) is 11.3 Å². The van der Waals surface area contributed by atoms with Gasteiger partial charge in [0, 0.05) is 43.5 Å². The number of nitrogens with one attached hydrogen (secondary N) is 1. The van der Waals surface area contributed by atoms with Crippen LogP contribution in [0.5, 0.6) is 0 Å². The first-order valence-electron chi connectivity index (χ1n) is 9.70. The Kier molecular flexibility index (Phi) is 5.93. The third kappa shape index (κ3) is 4.05.